The molecular formula is C12H17N3O2. The zero-order chi connectivity index (χ0) is 12.5. The molecule has 1 fully saturated rings. The number of aromatic nitrogens is 2. The minimum Gasteiger partial charge on any atom is -0.477 e. The average molecular weight is 235 g/mol. The van der Waals surface area contributed by atoms with Crippen molar-refractivity contribution in [3.05, 3.63) is 17.5 Å². The number of hydrogen-bond donors (Lipinski definition) is 2. The van der Waals surface area contributed by atoms with E-state index in [0.717, 1.165) is 13.0 Å². The fourth-order valence-corrected chi connectivity index (χ4v) is 1.86. The molecule has 1 aromatic rings. The first-order chi connectivity index (χ1) is 8.04. The molecule has 1 aromatic heterocycles. The molecule has 0 saturated heterocycles. The monoisotopic (exact) mass is 235 g/mol. The van der Waals surface area contributed by atoms with Gasteiger partial charge in [-0.1, -0.05) is 6.92 Å². The minimum absolute atomic E-state index is 0.0429. The normalized spacial score (nSPS) is 16.6. The van der Waals surface area contributed by atoms with E-state index in [1.165, 1.54) is 18.9 Å². The predicted molar refractivity (Wildman–Crippen MR) is 64.2 cm³/mol. The summed E-state index contributed by atoms with van der Waals surface area (Å²) >= 11 is 0. The molecule has 5 nitrogen and oxygen atoms in total. The molecule has 1 aliphatic carbocycles. The van der Waals surface area contributed by atoms with Gasteiger partial charge in [-0.2, -0.15) is 0 Å². The van der Waals surface area contributed by atoms with Gasteiger partial charge in [0.2, 0.25) is 5.95 Å². The third kappa shape index (κ3) is 2.72. The summed E-state index contributed by atoms with van der Waals surface area (Å²) in [6, 6.07) is 1.47. The molecule has 1 aliphatic rings. The number of anilines is 1. The first-order valence-corrected chi connectivity index (χ1v) is 5.87. The van der Waals surface area contributed by atoms with Crippen molar-refractivity contribution in [3.8, 4) is 0 Å². The molecule has 5 heteroatoms. The first-order valence-electron chi connectivity index (χ1n) is 5.87. The summed E-state index contributed by atoms with van der Waals surface area (Å²) in [4.78, 5) is 19.0. The Morgan fingerprint density at radius 2 is 2.24 bits per heavy atom. The van der Waals surface area contributed by atoms with E-state index in [1.807, 2.05) is 0 Å². The molecule has 0 aromatic carbocycles. The maximum absolute atomic E-state index is 10.9. The molecule has 17 heavy (non-hydrogen) atoms. The summed E-state index contributed by atoms with van der Waals surface area (Å²) in [5.74, 6) is -0.600. The van der Waals surface area contributed by atoms with Gasteiger partial charge >= 0.3 is 5.97 Å². The van der Waals surface area contributed by atoms with Crippen LogP contribution in [-0.4, -0.2) is 27.6 Å². The Labute approximate surface area is 100 Å². The van der Waals surface area contributed by atoms with E-state index >= 15 is 0 Å². The number of hydrogen-bond acceptors (Lipinski definition) is 4. The van der Waals surface area contributed by atoms with Crippen LogP contribution in [0.5, 0.6) is 0 Å². The van der Waals surface area contributed by atoms with Crippen LogP contribution in [0.3, 0.4) is 0 Å². The largest absolute Gasteiger partial charge is 0.477 e. The number of aromatic carboxylic acids is 1. The maximum Gasteiger partial charge on any atom is 0.354 e. The van der Waals surface area contributed by atoms with E-state index < -0.39 is 5.97 Å². The Hall–Kier alpha value is -1.65. The smallest absolute Gasteiger partial charge is 0.354 e. The van der Waals surface area contributed by atoms with Crippen molar-refractivity contribution in [2.24, 2.45) is 5.41 Å². The molecule has 0 amide bonds. The molecule has 0 radical (unpaired) electrons. The predicted octanol–water partition coefficient (Wildman–Crippen LogP) is 2.09. The topological polar surface area (TPSA) is 75.1 Å². The van der Waals surface area contributed by atoms with Gasteiger partial charge in [-0.3, -0.25) is 0 Å². The third-order valence-corrected chi connectivity index (χ3v) is 3.40. The quantitative estimate of drug-likeness (QED) is 0.817. The number of nitrogens with zero attached hydrogens (tertiary/aromatic N) is 2. The highest BCUT2D eigenvalue weighted by Gasteiger charge is 2.40. The number of rotatable bonds is 5. The fraction of sp³-hybridized carbons (Fsp3) is 0.583. The fourth-order valence-electron chi connectivity index (χ4n) is 1.86. The molecule has 0 bridgehead atoms. The zero-order valence-electron chi connectivity index (χ0n) is 10.2. The van der Waals surface area contributed by atoms with Gasteiger partial charge in [-0.15, -0.1) is 0 Å². The van der Waals surface area contributed by atoms with E-state index in [4.69, 9.17) is 5.11 Å². The van der Waals surface area contributed by atoms with E-state index in [0.29, 0.717) is 17.1 Å². The van der Waals surface area contributed by atoms with Crippen molar-refractivity contribution < 1.29 is 9.90 Å². The molecule has 1 saturated carbocycles. The zero-order valence-corrected chi connectivity index (χ0v) is 10.2. The SMILES string of the molecule is CCC1(CNc2nc(C)cc(C(=O)O)n2)CC1. The minimum atomic E-state index is -1.02. The number of carboxylic acid groups (broad SMARTS) is 1. The standard InChI is InChI=1S/C12H17N3O2/c1-3-12(4-5-12)7-13-11-14-8(2)6-9(15-11)10(16)17/h6H,3-5,7H2,1-2H3,(H,16,17)(H,13,14,15). The van der Waals surface area contributed by atoms with Crippen LogP contribution in [0, 0.1) is 12.3 Å². The second kappa shape index (κ2) is 4.31. The Balaban J connectivity index is 2.07. The summed E-state index contributed by atoms with van der Waals surface area (Å²) in [6.45, 7) is 4.77. The van der Waals surface area contributed by atoms with E-state index in [9.17, 15) is 4.79 Å². The van der Waals surface area contributed by atoms with Crippen molar-refractivity contribution in [3.63, 3.8) is 0 Å². The van der Waals surface area contributed by atoms with Crippen LogP contribution in [0.4, 0.5) is 5.95 Å². The van der Waals surface area contributed by atoms with Gasteiger partial charge in [0.15, 0.2) is 5.69 Å². The van der Waals surface area contributed by atoms with Crippen LogP contribution in [0.2, 0.25) is 0 Å². The summed E-state index contributed by atoms with van der Waals surface area (Å²) in [6.07, 6.45) is 3.60. The average Bonchev–Trinajstić information content (AvgIpc) is 3.06. The number of carboxylic acids is 1. The molecule has 92 valence electrons. The molecule has 0 unspecified atom stereocenters. The molecule has 0 atom stereocenters. The van der Waals surface area contributed by atoms with Gasteiger partial charge in [-0.05, 0) is 37.7 Å². The van der Waals surface area contributed by atoms with Gasteiger partial charge in [0.25, 0.3) is 0 Å². The van der Waals surface area contributed by atoms with Crippen LogP contribution in [0.25, 0.3) is 0 Å². The lowest BCUT2D eigenvalue weighted by Gasteiger charge is -2.13. The summed E-state index contributed by atoms with van der Waals surface area (Å²) in [7, 11) is 0. The van der Waals surface area contributed by atoms with Crippen molar-refractivity contribution in [2.45, 2.75) is 33.1 Å². The van der Waals surface area contributed by atoms with Crippen LogP contribution >= 0.6 is 0 Å². The summed E-state index contributed by atoms with van der Waals surface area (Å²) < 4.78 is 0. The van der Waals surface area contributed by atoms with E-state index in [2.05, 4.69) is 22.2 Å². The van der Waals surface area contributed by atoms with Crippen LogP contribution in [0.1, 0.15) is 42.4 Å². The number of aryl methyl sites for hydroxylation is 1. The Bertz CT molecular complexity index is 441. The summed E-state index contributed by atoms with van der Waals surface area (Å²) in [5, 5.41) is 12.1. The van der Waals surface area contributed by atoms with Gasteiger partial charge in [-0.25, -0.2) is 14.8 Å². The van der Waals surface area contributed by atoms with Gasteiger partial charge in [0.1, 0.15) is 0 Å². The van der Waals surface area contributed by atoms with Gasteiger partial charge < -0.3 is 10.4 Å². The molecule has 0 aliphatic heterocycles. The highest BCUT2D eigenvalue weighted by molar-refractivity contribution is 5.85. The number of nitrogens with one attached hydrogen (secondary N) is 1. The molecule has 0 spiro atoms. The lowest BCUT2D eigenvalue weighted by atomic mass is 10.0. The highest BCUT2D eigenvalue weighted by atomic mass is 16.4. The Morgan fingerprint density at radius 1 is 1.53 bits per heavy atom. The van der Waals surface area contributed by atoms with Gasteiger partial charge in [0.05, 0.1) is 0 Å². The van der Waals surface area contributed by atoms with Crippen LogP contribution in [0.15, 0.2) is 6.07 Å². The number of carbonyl (C=O) groups is 1. The van der Waals surface area contributed by atoms with Crippen molar-refractivity contribution in [2.75, 3.05) is 11.9 Å². The lowest BCUT2D eigenvalue weighted by molar-refractivity contribution is 0.0690. The Kier molecular flexibility index (Phi) is 3.00. The first kappa shape index (κ1) is 11.8. The van der Waals surface area contributed by atoms with Crippen molar-refractivity contribution >= 4 is 11.9 Å². The van der Waals surface area contributed by atoms with Gasteiger partial charge in [0, 0.05) is 12.2 Å². The van der Waals surface area contributed by atoms with Crippen LogP contribution in [-0.2, 0) is 0 Å². The summed E-state index contributed by atoms with van der Waals surface area (Å²) in [5.41, 5.74) is 1.10. The van der Waals surface area contributed by atoms with E-state index in [-0.39, 0.29) is 5.69 Å². The molecule has 1 heterocycles. The second-order valence-corrected chi connectivity index (χ2v) is 4.73. The van der Waals surface area contributed by atoms with Crippen molar-refractivity contribution in [1.82, 2.24) is 9.97 Å². The van der Waals surface area contributed by atoms with Crippen LogP contribution < -0.4 is 5.32 Å². The maximum atomic E-state index is 10.9. The second-order valence-electron chi connectivity index (χ2n) is 4.73. The lowest BCUT2D eigenvalue weighted by Crippen LogP contribution is -2.17. The third-order valence-electron chi connectivity index (χ3n) is 3.40. The molecule has 2 rings (SSSR count). The Morgan fingerprint density at radius 3 is 2.76 bits per heavy atom. The van der Waals surface area contributed by atoms with Crippen molar-refractivity contribution in [1.29, 1.82) is 0 Å². The molecule has 2 N–H and O–H groups in total. The van der Waals surface area contributed by atoms with E-state index in [1.54, 1.807) is 6.92 Å². The highest BCUT2D eigenvalue weighted by Crippen LogP contribution is 2.48. The molecular weight excluding hydrogens is 218 g/mol.